The van der Waals surface area contributed by atoms with Crippen LogP contribution in [0.2, 0.25) is 0 Å². The van der Waals surface area contributed by atoms with E-state index in [1.165, 1.54) is 68.9 Å². The Labute approximate surface area is 218 Å². The van der Waals surface area contributed by atoms with Gasteiger partial charge in [0.2, 0.25) is 0 Å². The third-order valence-corrected chi connectivity index (χ3v) is 9.05. The number of halogens is 3. The van der Waals surface area contributed by atoms with Gasteiger partial charge in [-0.3, -0.25) is 0 Å². The number of allylic oxidation sites excluding steroid dienone is 2. The molecule has 4 aliphatic rings. The number of piperidine rings is 1. The smallest absolute Gasteiger partial charge is 0.340 e. The van der Waals surface area contributed by atoms with E-state index < -0.39 is 11.7 Å². The predicted molar refractivity (Wildman–Crippen MR) is 142 cm³/mol. The molecule has 0 N–H and O–H groups in total. The Kier molecular flexibility index (Phi) is 8.66. The number of fused-ring (bicyclic) bond motifs is 2. The molecule has 3 heterocycles. The van der Waals surface area contributed by atoms with Crippen molar-refractivity contribution in [2.75, 3.05) is 70.3 Å². The number of hydrogen-bond donors (Lipinski definition) is 0. The Bertz CT molecular complexity index is 947. The SMILES string of the molecule is FC(F)(F)c1ccc2c(c1)N(CCCN1CCN(CCCN3CCCCC3)CC1)C1=CCCC=C1S2. The quantitative estimate of drug-likeness (QED) is 0.412. The number of likely N-dealkylation sites (tertiary alicyclic amines) is 1. The van der Waals surface area contributed by atoms with Gasteiger partial charge in [-0.05, 0) is 89.4 Å². The standard InChI is InChI=1S/C28H39F3N4S/c29-28(30,31)23-10-11-27-25(22-23)35(24-8-2-3-9-26(24)36-27)17-7-16-34-20-18-33(19-21-34)15-6-14-32-12-4-1-5-13-32/h8-11,22H,1-7,12-21H2. The molecule has 8 heteroatoms. The van der Waals surface area contributed by atoms with Crippen LogP contribution in [0.5, 0.6) is 0 Å². The Morgan fingerprint density at radius 2 is 1.33 bits per heavy atom. The zero-order valence-corrected chi connectivity index (χ0v) is 22.1. The molecular weight excluding hydrogens is 481 g/mol. The van der Waals surface area contributed by atoms with Gasteiger partial charge in [0, 0.05) is 42.5 Å². The molecule has 2 saturated heterocycles. The molecule has 1 aliphatic carbocycles. The van der Waals surface area contributed by atoms with Crippen LogP contribution in [0.25, 0.3) is 0 Å². The molecule has 5 rings (SSSR count). The van der Waals surface area contributed by atoms with Crippen molar-refractivity contribution in [3.05, 3.63) is 46.5 Å². The molecule has 3 aliphatic heterocycles. The van der Waals surface area contributed by atoms with Crippen molar-refractivity contribution in [1.82, 2.24) is 14.7 Å². The van der Waals surface area contributed by atoms with Crippen LogP contribution < -0.4 is 4.90 Å². The van der Waals surface area contributed by atoms with Crippen molar-refractivity contribution in [3.63, 3.8) is 0 Å². The monoisotopic (exact) mass is 520 g/mol. The molecule has 36 heavy (non-hydrogen) atoms. The highest BCUT2D eigenvalue weighted by atomic mass is 32.2. The summed E-state index contributed by atoms with van der Waals surface area (Å²) >= 11 is 1.61. The summed E-state index contributed by atoms with van der Waals surface area (Å²) in [6, 6.07) is 4.21. The fraction of sp³-hybridized carbons (Fsp3) is 0.643. The molecule has 0 aromatic heterocycles. The second-order valence-electron chi connectivity index (χ2n) is 10.5. The third-order valence-electron chi connectivity index (χ3n) is 7.89. The van der Waals surface area contributed by atoms with Crippen LogP contribution in [0.1, 0.15) is 50.5 Å². The third kappa shape index (κ3) is 6.50. The van der Waals surface area contributed by atoms with Crippen molar-refractivity contribution >= 4 is 17.4 Å². The second kappa shape index (κ2) is 11.9. The van der Waals surface area contributed by atoms with Crippen molar-refractivity contribution in [2.24, 2.45) is 0 Å². The molecule has 1 aromatic carbocycles. The summed E-state index contributed by atoms with van der Waals surface area (Å²) in [5.74, 6) is 0. The normalized spacial score (nSPS) is 22.1. The molecule has 4 nitrogen and oxygen atoms in total. The van der Waals surface area contributed by atoms with E-state index in [1.807, 2.05) is 0 Å². The van der Waals surface area contributed by atoms with Gasteiger partial charge in [0.15, 0.2) is 0 Å². The number of benzene rings is 1. The van der Waals surface area contributed by atoms with E-state index in [0.717, 1.165) is 69.1 Å². The lowest BCUT2D eigenvalue weighted by atomic mass is 10.1. The number of piperazine rings is 1. The zero-order chi connectivity index (χ0) is 25.0. The Balaban J connectivity index is 1.12. The van der Waals surface area contributed by atoms with Crippen molar-refractivity contribution in [2.45, 2.75) is 56.0 Å². The second-order valence-corrected chi connectivity index (χ2v) is 11.5. The number of thioether (sulfide) groups is 1. The highest BCUT2D eigenvalue weighted by Gasteiger charge is 2.34. The van der Waals surface area contributed by atoms with Crippen LogP contribution in [0.15, 0.2) is 45.8 Å². The maximum atomic E-state index is 13.5. The molecule has 0 saturated carbocycles. The first-order valence-corrected chi connectivity index (χ1v) is 14.5. The minimum absolute atomic E-state index is 0.563. The van der Waals surface area contributed by atoms with E-state index in [2.05, 4.69) is 31.8 Å². The summed E-state index contributed by atoms with van der Waals surface area (Å²) in [5.41, 5.74) is 1.24. The lowest BCUT2D eigenvalue weighted by Crippen LogP contribution is -2.47. The number of alkyl halides is 3. The lowest BCUT2D eigenvalue weighted by Gasteiger charge is -2.38. The predicted octanol–water partition coefficient (Wildman–Crippen LogP) is 6.06. The fourth-order valence-electron chi connectivity index (χ4n) is 5.85. The number of anilines is 1. The zero-order valence-electron chi connectivity index (χ0n) is 21.2. The van der Waals surface area contributed by atoms with Gasteiger partial charge in [-0.15, -0.1) is 0 Å². The summed E-state index contributed by atoms with van der Waals surface area (Å²) in [4.78, 5) is 12.0. The number of rotatable bonds is 8. The van der Waals surface area contributed by atoms with E-state index in [1.54, 1.807) is 17.8 Å². The Morgan fingerprint density at radius 3 is 2.00 bits per heavy atom. The average Bonchev–Trinajstić information content (AvgIpc) is 2.89. The Morgan fingerprint density at radius 1 is 0.722 bits per heavy atom. The minimum atomic E-state index is -4.32. The summed E-state index contributed by atoms with van der Waals surface area (Å²) in [7, 11) is 0. The number of hydrogen-bond acceptors (Lipinski definition) is 5. The van der Waals surface area contributed by atoms with Crippen LogP contribution in [0.4, 0.5) is 18.9 Å². The fourth-order valence-corrected chi connectivity index (χ4v) is 6.99. The van der Waals surface area contributed by atoms with Gasteiger partial charge >= 0.3 is 6.18 Å². The van der Waals surface area contributed by atoms with E-state index in [-0.39, 0.29) is 0 Å². The molecule has 0 amide bonds. The average molecular weight is 521 g/mol. The van der Waals surface area contributed by atoms with Crippen LogP contribution >= 0.6 is 11.8 Å². The maximum absolute atomic E-state index is 13.5. The summed E-state index contributed by atoms with van der Waals surface area (Å²) in [6.07, 6.45) is 8.38. The highest BCUT2D eigenvalue weighted by molar-refractivity contribution is 8.03. The molecule has 2 fully saturated rings. The van der Waals surface area contributed by atoms with Gasteiger partial charge in [0.1, 0.15) is 0 Å². The van der Waals surface area contributed by atoms with Crippen LogP contribution in [-0.2, 0) is 6.18 Å². The number of nitrogens with zero attached hydrogens (tertiary/aromatic N) is 4. The first kappa shape index (κ1) is 26.1. The molecule has 1 aromatic rings. The van der Waals surface area contributed by atoms with E-state index in [0.29, 0.717) is 5.69 Å². The summed E-state index contributed by atoms with van der Waals surface area (Å²) < 4.78 is 40.4. The largest absolute Gasteiger partial charge is 0.416 e. The van der Waals surface area contributed by atoms with Gasteiger partial charge in [-0.25, -0.2) is 0 Å². The van der Waals surface area contributed by atoms with Crippen molar-refractivity contribution in [1.29, 1.82) is 0 Å². The molecule has 198 valence electrons. The van der Waals surface area contributed by atoms with Gasteiger partial charge in [-0.1, -0.05) is 30.3 Å². The molecule has 0 atom stereocenters. The summed E-state index contributed by atoms with van der Waals surface area (Å²) in [6.45, 7) is 11.1. The first-order valence-electron chi connectivity index (χ1n) is 13.7. The van der Waals surface area contributed by atoms with Crippen molar-refractivity contribution in [3.8, 4) is 0 Å². The van der Waals surface area contributed by atoms with Gasteiger partial charge < -0.3 is 19.6 Å². The molecule has 0 spiro atoms. The Hall–Kier alpha value is -1.48. The van der Waals surface area contributed by atoms with E-state index in [9.17, 15) is 13.2 Å². The summed E-state index contributed by atoms with van der Waals surface area (Å²) in [5, 5.41) is 0. The van der Waals surface area contributed by atoms with Gasteiger partial charge in [-0.2, -0.15) is 13.2 Å². The van der Waals surface area contributed by atoms with Crippen LogP contribution in [0, 0.1) is 0 Å². The van der Waals surface area contributed by atoms with E-state index >= 15 is 0 Å². The highest BCUT2D eigenvalue weighted by Crippen LogP contribution is 2.49. The molecular formula is C28H39F3N4S. The van der Waals surface area contributed by atoms with Crippen LogP contribution in [0.3, 0.4) is 0 Å². The maximum Gasteiger partial charge on any atom is 0.416 e. The molecule has 0 bridgehead atoms. The van der Waals surface area contributed by atoms with E-state index in [4.69, 9.17) is 0 Å². The van der Waals surface area contributed by atoms with Crippen molar-refractivity contribution < 1.29 is 13.2 Å². The molecule has 0 radical (unpaired) electrons. The topological polar surface area (TPSA) is 13.0 Å². The van der Waals surface area contributed by atoms with Crippen LogP contribution in [-0.4, -0.2) is 80.1 Å². The molecule has 0 unspecified atom stereocenters. The minimum Gasteiger partial charge on any atom is -0.340 e. The first-order chi connectivity index (χ1) is 17.5. The van der Waals surface area contributed by atoms with Gasteiger partial charge in [0.25, 0.3) is 0 Å². The van der Waals surface area contributed by atoms with Gasteiger partial charge in [0.05, 0.1) is 16.9 Å². The lowest BCUT2D eigenvalue weighted by molar-refractivity contribution is -0.137.